The van der Waals surface area contributed by atoms with E-state index in [0.29, 0.717) is 5.75 Å². The van der Waals surface area contributed by atoms with E-state index in [1.54, 1.807) is 17.8 Å². The first-order valence-corrected chi connectivity index (χ1v) is 6.32. The summed E-state index contributed by atoms with van der Waals surface area (Å²) in [7, 11) is 0. The number of hydrogen-bond donors (Lipinski definition) is 0. The molecule has 0 fully saturated rings. The van der Waals surface area contributed by atoms with E-state index in [0.717, 1.165) is 10.8 Å². The summed E-state index contributed by atoms with van der Waals surface area (Å²) in [6.45, 7) is -0.422. The number of thioether (sulfide) groups is 1. The van der Waals surface area contributed by atoms with Crippen LogP contribution in [0.1, 0.15) is 0 Å². The van der Waals surface area contributed by atoms with Crippen molar-refractivity contribution in [2.75, 3.05) is 12.9 Å². The van der Waals surface area contributed by atoms with Gasteiger partial charge in [0.1, 0.15) is 12.4 Å². The second-order valence-electron chi connectivity index (χ2n) is 3.54. The van der Waals surface area contributed by atoms with E-state index in [9.17, 15) is 9.90 Å². The van der Waals surface area contributed by atoms with Gasteiger partial charge in [-0.1, -0.05) is 12.1 Å². The van der Waals surface area contributed by atoms with Gasteiger partial charge in [0.2, 0.25) is 0 Å². The number of carbonyl (C=O) groups excluding carboxylic acids is 1. The van der Waals surface area contributed by atoms with Crippen LogP contribution in [0.5, 0.6) is 5.75 Å². The number of hydrogen-bond acceptors (Lipinski definition) is 4. The number of fused-ring (bicyclic) bond motifs is 1. The van der Waals surface area contributed by atoms with E-state index in [1.807, 2.05) is 30.5 Å². The zero-order valence-corrected chi connectivity index (χ0v) is 10.1. The van der Waals surface area contributed by atoms with Crippen molar-refractivity contribution < 1.29 is 14.6 Å². The second-order valence-corrected chi connectivity index (χ2v) is 4.42. The van der Waals surface area contributed by atoms with Gasteiger partial charge in [-0.3, -0.25) is 0 Å². The Bertz CT molecular complexity index is 551. The Labute approximate surface area is 103 Å². The lowest BCUT2D eigenvalue weighted by Gasteiger charge is -2.08. The molecular weight excluding hydrogens is 236 g/mol. The monoisotopic (exact) mass is 247 g/mol. The maximum atomic E-state index is 10.3. The van der Waals surface area contributed by atoms with Crippen molar-refractivity contribution in [3.63, 3.8) is 0 Å². The molecule has 0 aliphatic carbocycles. The van der Waals surface area contributed by atoms with Crippen LogP contribution in [0.15, 0.2) is 41.3 Å². The minimum atomic E-state index is -1.22. The van der Waals surface area contributed by atoms with Crippen LogP contribution >= 0.6 is 11.8 Å². The van der Waals surface area contributed by atoms with Gasteiger partial charge >= 0.3 is 0 Å². The number of ether oxygens (including phenoxy) is 1. The van der Waals surface area contributed by atoms with Crippen molar-refractivity contribution >= 4 is 28.5 Å². The average Bonchev–Trinajstić information content (AvgIpc) is 2.35. The summed E-state index contributed by atoms with van der Waals surface area (Å²) in [6, 6.07) is 11.6. The first-order chi connectivity index (χ1) is 8.19. The van der Waals surface area contributed by atoms with Crippen molar-refractivity contribution in [3.05, 3.63) is 36.4 Å². The van der Waals surface area contributed by atoms with Crippen molar-refractivity contribution in [1.29, 1.82) is 0 Å². The average molecular weight is 247 g/mol. The van der Waals surface area contributed by atoms with E-state index < -0.39 is 12.6 Å². The number of carboxylic acids is 1. The van der Waals surface area contributed by atoms with Gasteiger partial charge in [0.05, 0.1) is 5.97 Å². The summed E-state index contributed by atoms with van der Waals surface area (Å²) in [5.74, 6) is -0.679. The van der Waals surface area contributed by atoms with Crippen LogP contribution < -0.4 is 9.84 Å². The molecule has 0 aliphatic rings. The van der Waals surface area contributed by atoms with Crippen molar-refractivity contribution in [2.24, 2.45) is 0 Å². The van der Waals surface area contributed by atoms with Gasteiger partial charge in [-0.25, -0.2) is 0 Å². The van der Waals surface area contributed by atoms with E-state index >= 15 is 0 Å². The van der Waals surface area contributed by atoms with Crippen LogP contribution in [0.4, 0.5) is 0 Å². The molecule has 0 atom stereocenters. The zero-order chi connectivity index (χ0) is 12.3. The van der Waals surface area contributed by atoms with Crippen molar-refractivity contribution in [3.8, 4) is 5.75 Å². The first kappa shape index (κ1) is 11.8. The molecule has 2 aromatic carbocycles. The summed E-state index contributed by atoms with van der Waals surface area (Å²) in [5, 5.41) is 12.4. The summed E-state index contributed by atoms with van der Waals surface area (Å²) >= 11 is 1.68. The number of benzene rings is 2. The van der Waals surface area contributed by atoms with Crippen LogP contribution in [0.2, 0.25) is 0 Å². The van der Waals surface area contributed by atoms with Crippen LogP contribution in [0.3, 0.4) is 0 Å². The molecule has 0 radical (unpaired) electrons. The Morgan fingerprint density at radius 2 is 1.94 bits per heavy atom. The molecule has 0 aromatic heterocycles. The Morgan fingerprint density at radius 3 is 2.65 bits per heavy atom. The van der Waals surface area contributed by atoms with Crippen LogP contribution in [-0.2, 0) is 4.79 Å². The smallest absolute Gasteiger partial charge is 0.128 e. The number of rotatable bonds is 4. The largest absolute Gasteiger partial charge is 0.546 e. The predicted octanol–water partition coefficient (Wildman–Crippen LogP) is 1.69. The van der Waals surface area contributed by atoms with Gasteiger partial charge in [-0.05, 0) is 41.3 Å². The molecule has 0 unspecified atom stereocenters. The summed E-state index contributed by atoms with van der Waals surface area (Å²) in [4.78, 5) is 11.5. The molecule has 0 bridgehead atoms. The molecule has 0 heterocycles. The lowest BCUT2D eigenvalue weighted by molar-refractivity contribution is -0.307. The molecule has 0 saturated heterocycles. The standard InChI is InChI=1S/C13H12O3S/c1-17-12-5-3-9-6-11(16-8-13(14)15)4-2-10(9)7-12/h2-7H,8H2,1H3,(H,14,15)/p-1. The highest BCUT2D eigenvalue weighted by atomic mass is 32.2. The highest BCUT2D eigenvalue weighted by Crippen LogP contribution is 2.25. The second kappa shape index (κ2) is 5.10. The van der Waals surface area contributed by atoms with E-state index in [1.165, 1.54) is 4.90 Å². The van der Waals surface area contributed by atoms with Gasteiger partial charge in [-0.2, -0.15) is 0 Å². The molecule has 0 amide bonds. The molecule has 0 saturated carbocycles. The summed E-state index contributed by atoms with van der Waals surface area (Å²) in [6.07, 6.45) is 2.03. The summed E-state index contributed by atoms with van der Waals surface area (Å²) < 4.78 is 5.06. The molecule has 88 valence electrons. The fraction of sp³-hybridized carbons (Fsp3) is 0.154. The summed E-state index contributed by atoms with van der Waals surface area (Å²) in [5.41, 5.74) is 0. The Morgan fingerprint density at radius 1 is 1.24 bits per heavy atom. The third-order valence-corrected chi connectivity index (χ3v) is 3.10. The third kappa shape index (κ3) is 2.91. The Kier molecular flexibility index (Phi) is 3.54. The van der Waals surface area contributed by atoms with Gasteiger partial charge in [0.25, 0.3) is 0 Å². The zero-order valence-electron chi connectivity index (χ0n) is 9.30. The molecule has 0 spiro atoms. The third-order valence-electron chi connectivity index (χ3n) is 2.38. The predicted molar refractivity (Wildman–Crippen MR) is 66.2 cm³/mol. The first-order valence-electron chi connectivity index (χ1n) is 5.09. The fourth-order valence-corrected chi connectivity index (χ4v) is 2.01. The quantitative estimate of drug-likeness (QED) is 0.771. The maximum absolute atomic E-state index is 10.3. The number of carbonyl (C=O) groups is 1. The van der Waals surface area contributed by atoms with Gasteiger partial charge in [0.15, 0.2) is 0 Å². The molecule has 2 rings (SSSR count). The Balaban J connectivity index is 2.28. The normalized spacial score (nSPS) is 10.4. The van der Waals surface area contributed by atoms with Gasteiger partial charge < -0.3 is 14.6 Å². The van der Waals surface area contributed by atoms with Gasteiger partial charge in [0, 0.05) is 4.90 Å². The number of carboxylic acid groups (broad SMARTS) is 1. The molecular formula is C13H11O3S-. The number of aliphatic carboxylic acids is 1. The minimum Gasteiger partial charge on any atom is -0.546 e. The highest BCUT2D eigenvalue weighted by molar-refractivity contribution is 7.98. The van der Waals surface area contributed by atoms with Crippen LogP contribution in [-0.4, -0.2) is 18.8 Å². The SMILES string of the molecule is CSc1ccc2cc(OCC(=O)[O-])ccc2c1. The van der Waals surface area contributed by atoms with Crippen LogP contribution in [0.25, 0.3) is 10.8 Å². The van der Waals surface area contributed by atoms with Crippen molar-refractivity contribution in [1.82, 2.24) is 0 Å². The maximum Gasteiger partial charge on any atom is 0.128 e. The van der Waals surface area contributed by atoms with E-state index in [4.69, 9.17) is 4.74 Å². The molecule has 4 heteroatoms. The van der Waals surface area contributed by atoms with Crippen molar-refractivity contribution in [2.45, 2.75) is 4.90 Å². The Hall–Kier alpha value is -1.68. The highest BCUT2D eigenvalue weighted by Gasteiger charge is 1.99. The molecule has 0 aliphatic heterocycles. The van der Waals surface area contributed by atoms with E-state index in [-0.39, 0.29) is 0 Å². The molecule has 0 N–H and O–H groups in total. The minimum absolute atomic E-state index is 0.422. The van der Waals surface area contributed by atoms with Gasteiger partial charge in [-0.15, -0.1) is 11.8 Å². The topological polar surface area (TPSA) is 49.4 Å². The molecule has 2 aromatic rings. The molecule has 3 nitrogen and oxygen atoms in total. The van der Waals surface area contributed by atoms with E-state index in [2.05, 4.69) is 6.07 Å². The lowest BCUT2D eigenvalue weighted by Crippen LogP contribution is -2.28. The molecule has 17 heavy (non-hydrogen) atoms. The van der Waals surface area contributed by atoms with Crippen LogP contribution in [0, 0.1) is 0 Å². The fourth-order valence-electron chi connectivity index (χ4n) is 1.56. The lowest BCUT2D eigenvalue weighted by atomic mass is 10.1.